The molecule has 170 valence electrons. The largest absolute Gasteiger partial charge is 0.491 e. The summed E-state index contributed by atoms with van der Waals surface area (Å²) >= 11 is 0. The summed E-state index contributed by atoms with van der Waals surface area (Å²) in [5.74, 6) is 0.274. The van der Waals surface area contributed by atoms with Crippen LogP contribution < -0.4 is 10.1 Å². The number of likely N-dealkylation sites (N-methyl/N-ethyl adjacent to an activating group) is 1. The van der Waals surface area contributed by atoms with Gasteiger partial charge in [-0.25, -0.2) is 0 Å². The lowest BCUT2D eigenvalue weighted by Gasteiger charge is -2.35. The highest BCUT2D eigenvalue weighted by Gasteiger charge is 2.31. The van der Waals surface area contributed by atoms with Crippen LogP contribution in [0.25, 0.3) is 0 Å². The molecular weight excluding hydrogens is 398 g/mol. The van der Waals surface area contributed by atoms with E-state index in [1.54, 1.807) is 49.1 Å². The second-order valence-corrected chi connectivity index (χ2v) is 8.74. The molecule has 0 saturated heterocycles. The van der Waals surface area contributed by atoms with Crippen LogP contribution in [-0.4, -0.2) is 73.5 Å². The lowest BCUT2D eigenvalue weighted by Crippen LogP contribution is -2.48. The third-order valence-electron chi connectivity index (χ3n) is 6.07. The fourth-order valence-corrected chi connectivity index (χ4v) is 3.88. The molecule has 8 nitrogen and oxygen atoms in total. The van der Waals surface area contributed by atoms with E-state index in [0.29, 0.717) is 30.1 Å². The van der Waals surface area contributed by atoms with Crippen molar-refractivity contribution in [3.8, 4) is 5.75 Å². The topological polar surface area (TPSA) is 88.2 Å². The Bertz CT molecular complexity index is 839. The van der Waals surface area contributed by atoms with E-state index in [0.717, 1.165) is 12.8 Å². The summed E-state index contributed by atoms with van der Waals surface area (Å²) in [4.78, 5) is 41.0. The molecule has 1 heterocycles. The molecule has 0 aromatic heterocycles. The van der Waals surface area contributed by atoms with E-state index < -0.39 is 0 Å². The van der Waals surface area contributed by atoms with Crippen molar-refractivity contribution in [2.24, 2.45) is 11.8 Å². The van der Waals surface area contributed by atoms with Gasteiger partial charge in [0, 0.05) is 57.8 Å². The molecule has 1 aromatic carbocycles. The molecule has 8 heteroatoms. The molecule has 2 aliphatic rings. The van der Waals surface area contributed by atoms with Crippen molar-refractivity contribution in [1.82, 2.24) is 9.80 Å². The molecule has 0 unspecified atom stereocenters. The molecule has 1 aliphatic carbocycles. The number of anilines is 1. The van der Waals surface area contributed by atoms with E-state index in [-0.39, 0.29) is 48.3 Å². The van der Waals surface area contributed by atoms with Crippen LogP contribution in [0.4, 0.5) is 5.69 Å². The number of fused-ring (bicyclic) bond motifs is 1. The first-order valence-corrected chi connectivity index (χ1v) is 10.8. The highest BCUT2D eigenvalue weighted by molar-refractivity contribution is 5.99. The summed E-state index contributed by atoms with van der Waals surface area (Å²) in [7, 11) is 3.35. The quantitative estimate of drug-likeness (QED) is 0.794. The molecule has 1 fully saturated rings. The van der Waals surface area contributed by atoms with Gasteiger partial charge in [0.15, 0.2) is 0 Å². The average Bonchev–Trinajstić information content (AvgIpc) is 3.58. The molecule has 3 atom stereocenters. The third-order valence-corrected chi connectivity index (χ3v) is 6.07. The Kier molecular flexibility index (Phi) is 7.20. The molecule has 0 spiro atoms. The van der Waals surface area contributed by atoms with Crippen molar-refractivity contribution in [2.75, 3.05) is 39.2 Å². The van der Waals surface area contributed by atoms with Crippen LogP contribution in [0.5, 0.6) is 5.75 Å². The van der Waals surface area contributed by atoms with Crippen LogP contribution in [0.15, 0.2) is 18.2 Å². The Labute approximate surface area is 183 Å². The standard InChI is InChI=1S/C23H33N3O5/c1-14-11-26(16(3)27)15(2)13-31-20-10-18(24-22(28)17-6-7-17)8-9-19(20)23(29)25(4)12-21(14)30-5/h8-10,14-15,17,21H,6-7,11-13H2,1-5H3,(H,24,28)/t14-,15-,21-/m1/s1. The van der Waals surface area contributed by atoms with Gasteiger partial charge in [-0.2, -0.15) is 0 Å². The van der Waals surface area contributed by atoms with Gasteiger partial charge in [0.2, 0.25) is 11.8 Å². The van der Waals surface area contributed by atoms with E-state index in [1.165, 1.54) is 0 Å². The predicted octanol–water partition coefficient (Wildman–Crippen LogP) is 2.39. The fourth-order valence-electron chi connectivity index (χ4n) is 3.88. The number of nitrogens with one attached hydrogen (secondary N) is 1. The van der Waals surface area contributed by atoms with Gasteiger partial charge in [-0.05, 0) is 31.9 Å². The zero-order valence-electron chi connectivity index (χ0n) is 19.0. The molecule has 0 bridgehead atoms. The zero-order chi connectivity index (χ0) is 22.7. The SMILES string of the molecule is CO[C@@H]1CN(C)C(=O)c2ccc(NC(=O)C3CC3)cc2OC[C@@H](C)N(C(C)=O)C[C@H]1C. The third kappa shape index (κ3) is 5.55. The minimum atomic E-state index is -0.219. The predicted molar refractivity (Wildman–Crippen MR) is 117 cm³/mol. The van der Waals surface area contributed by atoms with Crippen LogP contribution in [0.3, 0.4) is 0 Å². The van der Waals surface area contributed by atoms with E-state index >= 15 is 0 Å². The highest BCUT2D eigenvalue weighted by Crippen LogP contribution is 2.32. The number of ether oxygens (including phenoxy) is 2. The van der Waals surface area contributed by atoms with E-state index in [4.69, 9.17) is 9.47 Å². The molecule has 3 rings (SSSR count). The average molecular weight is 432 g/mol. The normalized spacial score (nSPS) is 25.1. The van der Waals surface area contributed by atoms with Crippen molar-refractivity contribution in [3.63, 3.8) is 0 Å². The minimum absolute atomic E-state index is 0.00963. The van der Waals surface area contributed by atoms with Crippen molar-refractivity contribution < 1.29 is 23.9 Å². The molecule has 1 N–H and O–H groups in total. The van der Waals surface area contributed by atoms with E-state index in [2.05, 4.69) is 5.32 Å². The zero-order valence-corrected chi connectivity index (χ0v) is 19.0. The first-order valence-electron chi connectivity index (χ1n) is 10.8. The number of amides is 3. The Morgan fingerprint density at radius 3 is 2.52 bits per heavy atom. The Hall–Kier alpha value is -2.61. The van der Waals surface area contributed by atoms with Gasteiger partial charge in [0.1, 0.15) is 12.4 Å². The number of nitrogens with zero attached hydrogens (tertiary/aromatic N) is 2. The molecule has 1 aliphatic heterocycles. The molecule has 1 saturated carbocycles. The van der Waals surface area contributed by atoms with E-state index in [9.17, 15) is 14.4 Å². The summed E-state index contributed by atoms with van der Waals surface area (Å²) in [5, 5.41) is 2.90. The van der Waals surface area contributed by atoms with Crippen LogP contribution >= 0.6 is 0 Å². The smallest absolute Gasteiger partial charge is 0.257 e. The number of methoxy groups -OCH3 is 1. The number of hydrogen-bond donors (Lipinski definition) is 1. The van der Waals surface area contributed by atoms with Gasteiger partial charge in [0.25, 0.3) is 5.91 Å². The molecular formula is C23H33N3O5. The maximum absolute atomic E-state index is 13.2. The summed E-state index contributed by atoms with van der Waals surface area (Å²) in [6.07, 6.45) is 1.60. The van der Waals surface area contributed by atoms with Crippen molar-refractivity contribution in [3.05, 3.63) is 23.8 Å². The maximum Gasteiger partial charge on any atom is 0.257 e. The van der Waals surface area contributed by atoms with Crippen molar-refractivity contribution >= 4 is 23.4 Å². The van der Waals surface area contributed by atoms with E-state index in [1.807, 2.05) is 13.8 Å². The number of benzene rings is 1. The number of carbonyl (C=O) groups excluding carboxylic acids is 3. The maximum atomic E-state index is 13.2. The molecule has 31 heavy (non-hydrogen) atoms. The van der Waals surface area contributed by atoms with Crippen molar-refractivity contribution in [2.45, 2.75) is 45.8 Å². The monoisotopic (exact) mass is 431 g/mol. The summed E-state index contributed by atoms with van der Waals surface area (Å²) in [5.41, 5.74) is 1.01. The van der Waals surface area contributed by atoms with Crippen LogP contribution in [0.1, 0.15) is 44.0 Å². The van der Waals surface area contributed by atoms with Gasteiger partial charge >= 0.3 is 0 Å². The summed E-state index contributed by atoms with van der Waals surface area (Å²) < 4.78 is 11.7. The Morgan fingerprint density at radius 2 is 1.90 bits per heavy atom. The van der Waals surface area contributed by atoms with Crippen LogP contribution in [-0.2, 0) is 14.3 Å². The first kappa shape index (κ1) is 23.1. The number of carbonyl (C=O) groups is 3. The Balaban J connectivity index is 1.92. The van der Waals surface area contributed by atoms with Gasteiger partial charge < -0.3 is 24.6 Å². The second kappa shape index (κ2) is 9.68. The van der Waals surface area contributed by atoms with Gasteiger partial charge in [-0.1, -0.05) is 6.92 Å². The number of hydrogen-bond acceptors (Lipinski definition) is 5. The van der Waals surface area contributed by atoms with Gasteiger partial charge in [-0.3, -0.25) is 14.4 Å². The first-order chi connectivity index (χ1) is 14.7. The number of rotatable bonds is 3. The highest BCUT2D eigenvalue weighted by atomic mass is 16.5. The van der Waals surface area contributed by atoms with Gasteiger partial charge in [-0.15, -0.1) is 0 Å². The lowest BCUT2D eigenvalue weighted by atomic mass is 10.0. The van der Waals surface area contributed by atoms with Gasteiger partial charge in [0.05, 0.1) is 17.7 Å². The lowest BCUT2D eigenvalue weighted by molar-refractivity contribution is -0.133. The van der Waals surface area contributed by atoms with Crippen LogP contribution in [0.2, 0.25) is 0 Å². The van der Waals surface area contributed by atoms with Crippen LogP contribution in [0, 0.1) is 11.8 Å². The van der Waals surface area contributed by atoms with Crippen molar-refractivity contribution in [1.29, 1.82) is 0 Å². The molecule has 1 aromatic rings. The molecule has 0 radical (unpaired) electrons. The molecule has 3 amide bonds. The minimum Gasteiger partial charge on any atom is -0.491 e. The fraction of sp³-hybridized carbons (Fsp3) is 0.609. The summed E-state index contributed by atoms with van der Waals surface area (Å²) in [6.45, 7) is 6.61. The second-order valence-electron chi connectivity index (χ2n) is 8.74. The Morgan fingerprint density at radius 1 is 1.19 bits per heavy atom. The summed E-state index contributed by atoms with van der Waals surface area (Å²) in [6, 6.07) is 4.90.